The minimum Gasteiger partial charge on any atom is -0.370 e. The highest BCUT2D eigenvalue weighted by atomic mass is 16.2. The predicted molar refractivity (Wildman–Crippen MR) is 120 cm³/mol. The minimum atomic E-state index is -0.952. The monoisotopic (exact) mass is 448 g/mol. The molecule has 0 saturated carbocycles. The number of hydrogen-bond acceptors (Lipinski definition) is 7. The van der Waals surface area contributed by atoms with Crippen LogP contribution in [0.1, 0.15) is 25.3 Å². The minimum absolute atomic E-state index is 0.0857. The van der Waals surface area contributed by atoms with Gasteiger partial charge in [-0.25, -0.2) is 0 Å². The topological polar surface area (TPSA) is 221 Å². The number of nitrogens with one attached hydrogen (secondary N) is 3. The molecule has 0 aliphatic heterocycles. The summed E-state index contributed by atoms with van der Waals surface area (Å²) in [6.07, 6.45) is 0.866. The number of imide groups is 1. The van der Waals surface area contributed by atoms with E-state index in [4.69, 9.17) is 22.9 Å². The highest BCUT2D eigenvalue weighted by molar-refractivity contribution is 6.00. The van der Waals surface area contributed by atoms with E-state index in [2.05, 4.69) is 20.9 Å². The SMILES string of the molecule is C[C@H](N)C(=O)N[C@@H](CCCN=C(N)N)C(=O)NCC(=O)NC(=O)[C@@H](N)Cc1ccccc1. The summed E-state index contributed by atoms with van der Waals surface area (Å²) in [4.78, 5) is 52.3. The third kappa shape index (κ3) is 10.5. The van der Waals surface area contributed by atoms with E-state index in [-0.39, 0.29) is 25.3 Å². The zero-order valence-electron chi connectivity index (χ0n) is 18.0. The third-order valence-corrected chi connectivity index (χ3v) is 4.31. The zero-order chi connectivity index (χ0) is 24.1. The molecule has 1 rings (SSSR count). The van der Waals surface area contributed by atoms with Crippen LogP contribution in [0.3, 0.4) is 0 Å². The summed E-state index contributed by atoms with van der Waals surface area (Å²) in [6.45, 7) is 1.26. The van der Waals surface area contributed by atoms with Gasteiger partial charge in [0.15, 0.2) is 5.96 Å². The third-order valence-electron chi connectivity index (χ3n) is 4.31. The van der Waals surface area contributed by atoms with Gasteiger partial charge in [0, 0.05) is 6.54 Å². The van der Waals surface area contributed by atoms with Crippen LogP contribution in [0.2, 0.25) is 0 Å². The van der Waals surface area contributed by atoms with E-state index in [1.807, 2.05) is 30.3 Å². The molecule has 0 heterocycles. The molecule has 3 atom stereocenters. The van der Waals surface area contributed by atoms with E-state index in [0.717, 1.165) is 5.56 Å². The number of aliphatic imine (C=N–C) groups is 1. The maximum atomic E-state index is 12.5. The lowest BCUT2D eigenvalue weighted by molar-refractivity contribution is -0.133. The number of carbonyl (C=O) groups is 4. The van der Waals surface area contributed by atoms with E-state index in [1.54, 1.807) is 0 Å². The molecule has 0 unspecified atom stereocenters. The molecule has 11 N–H and O–H groups in total. The fourth-order valence-electron chi connectivity index (χ4n) is 2.60. The van der Waals surface area contributed by atoms with Gasteiger partial charge in [0.1, 0.15) is 6.04 Å². The largest absolute Gasteiger partial charge is 0.370 e. The van der Waals surface area contributed by atoms with Crippen molar-refractivity contribution < 1.29 is 19.2 Å². The Balaban J connectivity index is 2.55. The van der Waals surface area contributed by atoms with Crippen molar-refractivity contribution in [2.45, 2.75) is 44.3 Å². The molecule has 0 aliphatic carbocycles. The zero-order valence-corrected chi connectivity index (χ0v) is 18.0. The molecule has 0 aliphatic rings. The van der Waals surface area contributed by atoms with Crippen LogP contribution in [0, 0.1) is 0 Å². The van der Waals surface area contributed by atoms with Crippen LogP contribution in [0.4, 0.5) is 0 Å². The molecule has 0 spiro atoms. The van der Waals surface area contributed by atoms with Crippen molar-refractivity contribution in [1.29, 1.82) is 0 Å². The first kappa shape index (κ1) is 26.5. The number of nitrogens with two attached hydrogens (primary N) is 4. The number of guanidine groups is 1. The second-order valence-electron chi connectivity index (χ2n) is 7.23. The maximum Gasteiger partial charge on any atom is 0.245 e. The summed E-state index contributed by atoms with van der Waals surface area (Å²) in [5.74, 6) is -2.62. The van der Waals surface area contributed by atoms with Gasteiger partial charge in [-0.15, -0.1) is 0 Å². The Bertz CT molecular complexity index is 809. The number of hydrogen-bond donors (Lipinski definition) is 7. The molecule has 0 aromatic heterocycles. The first-order chi connectivity index (χ1) is 15.1. The smallest absolute Gasteiger partial charge is 0.245 e. The van der Waals surface area contributed by atoms with Crippen LogP contribution >= 0.6 is 0 Å². The summed E-state index contributed by atoms with van der Waals surface area (Å²) < 4.78 is 0. The Morgan fingerprint density at radius 1 is 1.00 bits per heavy atom. The van der Waals surface area contributed by atoms with Crippen molar-refractivity contribution in [1.82, 2.24) is 16.0 Å². The maximum absolute atomic E-state index is 12.5. The average molecular weight is 449 g/mol. The molecule has 4 amide bonds. The highest BCUT2D eigenvalue weighted by Crippen LogP contribution is 2.02. The van der Waals surface area contributed by atoms with Crippen molar-refractivity contribution in [3.63, 3.8) is 0 Å². The van der Waals surface area contributed by atoms with Crippen LogP contribution in [-0.4, -0.2) is 60.8 Å². The first-order valence-corrected chi connectivity index (χ1v) is 10.1. The van der Waals surface area contributed by atoms with Gasteiger partial charge in [0.05, 0.1) is 18.6 Å². The average Bonchev–Trinajstić information content (AvgIpc) is 2.74. The van der Waals surface area contributed by atoms with E-state index < -0.39 is 48.3 Å². The van der Waals surface area contributed by atoms with E-state index in [0.29, 0.717) is 6.42 Å². The summed E-state index contributed by atoms with van der Waals surface area (Å²) in [7, 11) is 0. The summed E-state index contributed by atoms with van der Waals surface area (Å²) >= 11 is 0. The summed E-state index contributed by atoms with van der Waals surface area (Å²) in [5.41, 5.74) is 22.7. The van der Waals surface area contributed by atoms with Gasteiger partial charge in [-0.3, -0.25) is 29.5 Å². The molecule has 0 bridgehead atoms. The fraction of sp³-hybridized carbons (Fsp3) is 0.450. The molecule has 0 radical (unpaired) electrons. The number of nitrogens with zero attached hydrogens (tertiary/aromatic N) is 1. The highest BCUT2D eigenvalue weighted by Gasteiger charge is 2.23. The van der Waals surface area contributed by atoms with Crippen molar-refractivity contribution in [3.8, 4) is 0 Å². The molecular formula is C20H32N8O4. The quantitative estimate of drug-likeness (QED) is 0.100. The Labute approximate surface area is 186 Å². The van der Waals surface area contributed by atoms with E-state index in [9.17, 15) is 19.2 Å². The molecule has 0 saturated heterocycles. The molecule has 0 fully saturated rings. The lowest BCUT2D eigenvalue weighted by Gasteiger charge is -2.19. The van der Waals surface area contributed by atoms with E-state index >= 15 is 0 Å². The molecular weight excluding hydrogens is 416 g/mol. The summed E-state index contributed by atoms with van der Waals surface area (Å²) in [5, 5.41) is 7.04. The lowest BCUT2D eigenvalue weighted by atomic mass is 10.1. The van der Waals surface area contributed by atoms with Gasteiger partial charge in [0.25, 0.3) is 0 Å². The van der Waals surface area contributed by atoms with Crippen LogP contribution in [0.5, 0.6) is 0 Å². The van der Waals surface area contributed by atoms with Gasteiger partial charge in [-0.2, -0.15) is 0 Å². The standard InChI is InChI=1S/C20H32N8O4/c1-12(21)17(30)27-15(8-5-9-25-20(23)24)19(32)26-11-16(29)28-18(31)14(22)10-13-6-3-2-4-7-13/h2-4,6-7,12,14-15H,5,8-11,21-22H2,1H3,(H,26,32)(H,27,30)(H4,23,24,25)(H,28,29,31)/t12-,14-,15-/m0/s1. The molecule has 12 nitrogen and oxygen atoms in total. The van der Waals surface area contributed by atoms with Crippen LogP contribution in [0.25, 0.3) is 0 Å². The molecule has 32 heavy (non-hydrogen) atoms. The molecule has 1 aromatic carbocycles. The Morgan fingerprint density at radius 2 is 1.66 bits per heavy atom. The van der Waals surface area contributed by atoms with Crippen LogP contribution < -0.4 is 38.9 Å². The number of rotatable bonds is 12. The Morgan fingerprint density at radius 3 is 2.25 bits per heavy atom. The molecule has 176 valence electrons. The first-order valence-electron chi connectivity index (χ1n) is 10.1. The van der Waals surface area contributed by atoms with Crippen LogP contribution in [-0.2, 0) is 25.6 Å². The number of amides is 4. The van der Waals surface area contributed by atoms with Crippen molar-refractivity contribution >= 4 is 29.6 Å². The second-order valence-corrected chi connectivity index (χ2v) is 7.23. The number of carbonyl (C=O) groups excluding carboxylic acids is 4. The summed E-state index contributed by atoms with van der Waals surface area (Å²) in [6, 6.07) is 6.41. The number of benzene rings is 1. The van der Waals surface area contributed by atoms with Gasteiger partial charge < -0.3 is 33.6 Å². The lowest BCUT2D eigenvalue weighted by Crippen LogP contribution is -2.53. The predicted octanol–water partition coefficient (Wildman–Crippen LogP) is -2.80. The van der Waals surface area contributed by atoms with Gasteiger partial charge in [-0.05, 0) is 31.7 Å². The van der Waals surface area contributed by atoms with Gasteiger partial charge in [0.2, 0.25) is 23.6 Å². The molecule has 1 aromatic rings. The van der Waals surface area contributed by atoms with Crippen molar-refractivity contribution in [2.75, 3.05) is 13.1 Å². The van der Waals surface area contributed by atoms with Crippen molar-refractivity contribution in [2.24, 2.45) is 27.9 Å². The van der Waals surface area contributed by atoms with Gasteiger partial charge in [-0.1, -0.05) is 30.3 Å². The fourth-order valence-corrected chi connectivity index (χ4v) is 2.60. The van der Waals surface area contributed by atoms with E-state index in [1.165, 1.54) is 6.92 Å². The Hall–Kier alpha value is -3.51. The van der Waals surface area contributed by atoms with Crippen LogP contribution in [0.15, 0.2) is 35.3 Å². The molecule has 12 heteroatoms. The van der Waals surface area contributed by atoms with Crippen molar-refractivity contribution in [3.05, 3.63) is 35.9 Å². The van der Waals surface area contributed by atoms with Gasteiger partial charge >= 0.3 is 0 Å². The second kappa shape index (κ2) is 13.7. The Kier molecular flexibility index (Phi) is 11.4. The normalized spacial score (nSPS) is 13.2.